The zero-order chi connectivity index (χ0) is 25.4. The topological polar surface area (TPSA) is 107 Å². The van der Waals surface area contributed by atoms with Crippen LogP contribution in [0.2, 0.25) is 0 Å². The first kappa shape index (κ1) is 23.2. The van der Waals surface area contributed by atoms with Gasteiger partial charge in [-0.05, 0) is 41.5 Å². The van der Waals surface area contributed by atoms with Crippen LogP contribution >= 0.6 is 0 Å². The maximum absolute atomic E-state index is 13.4. The first-order valence-electron chi connectivity index (χ1n) is 10.9. The van der Waals surface area contributed by atoms with Crippen LogP contribution in [0.3, 0.4) is 0 Å². The highest BCUT2D eigenvalue weighted by Gasteiger charge is 2.50. The van der Waals surface area contributed by atoms with E-state index in [1.54, 1.807) is 6.92 Å². The zero-order valence-electron chi connectivity index (χ0n) is 19.2. The van der Waals surface area contributed by atoms with Crippen molar-refractivity contribution in [1.82, 2.24) is 20.4 Å². The second kappa shape index (κ2) is 8.91. The first-order valence-corrected chi connectivity index (χ1v) is 10.9. The quantitative estimate of drug-likeness (QED) is 0.378. The lowest BCUT2D eigenvalue weighted by Gasteiger charge is -2.23. The van der Waals surface area contributed by atoms with Crippen LogP contribution in [0, 0.1) is 0 Å². The van der Waals surface area contributed by atoms with Crippen LogP contribution in [-0.2, 0) is 16.9 Å². The molecule has 2 heterocycles. The summed E-state index contributed by atoms with van der Waals surface area (Å²) in [6.45, 7) is -1.60. The summed E-state index contributed by atoms with van der Waals surface area (Å²) in [5, 5.41) is 8.47. The van der Waals surface area contributed by atoms with Crippen LogP contribution in [0.25, 0.3) is 22.2 Å². The normalized spacial score (nSPS) is 17.6. The molecule has 11 heteroatoms. The van der Waals surface area contributed by atoms with Crippen LogP contribution in [-0.4, -0.2) is 40.7 Å². The Labute approximate surface area is 203 Å². The number of methoxy groups -OCH3 is 1. The second-order valence-electron chi connectivity index (χ2n) is 8.23. The Kier molecular flexibility index (Phi) is 5.75. The number of halogens is 2. The molecule has 3 aromatic carbocycles. The van der Waals surface area contributed by atoms with E-state index < -0.39 is 24.1 Å². The lowest BCUT2D eigenvalue weighted by atomic mass is 9.88. The molecule has 0 saturated carbocycles. The predicted octanol–water partition coefficient (Wildman–Crippen LogP) is 4.47. The summed E-state index contributed by atoms with van der Waals surface area (Å²) in [6.07, 6.45) is 0. The number of carbonyl (C=O) groups is 2. The molecule has 1 fully saturated rings. The molecule has 0 radical (unpaired) electrons. The second-order valence-corrected chi connectivity index (χ2v) is 8.23. The van der Waals surface area contributed by atoms with Gasteiger partial charge in [0.25, 0.3) is 5.91 Å². The SMILES string of the molecule is COc1cc(-c2noc(CN3C(=O)NC(C)(c4cccc5ccccc45)C3=O)n2)ccc1OC(F)F. The van der Waals surface area contributed by atoms with E-state index in [4.69, 9.17) is 9.26 Å². The summed E-state index contributed by atoms with van der Waals surface area (Å²) in [6, 6.07) is 16.8. The van der Waals surface area contributed by atoms with E-state index in [1.807, 2.05) is 42.5 Å². The van der Waals surface area contributed by atoms with Crippen molar-refractivity contribution >= 4 is 22.7 Å². The molecule has 1 atom stereocenters. The van der Waals surface area contributed by atoms with Crippen LogP contribution in [0.1, 0.15) is 18.4 Å². The highest BCUT2D eigenvalue weighted by atomic mass is 19.3. The number of nitrogens with one attached hydrogen (secondary N) is 1. The minimum Gasteiger partial charge on any atom is -0.493 e. The molecule has 1 aliphatic rings. The van der Waals surface area contributed by atoms with Crippen LogP contribution < -0.4 is 14.8 Å². The Balaban J connectivity index is 1.39. The van der Waals surface area contributed by atoms with Gasteiger partial charge in [-0.15, -0.1) is 0 Å². The van der Waals surface area contributed by atoms with Gasteiger partial charge in [-0.25, -0.2) is 4.79 Å². The van der Waals surface area contributed by atoms with Gasteiger partial charge in [-0.1, -0.05) is 47.6 Å². The Bertz CT molecular complexity index is 1470. The van der Waals surface area contributed by atoms with Gasteiger partial charge in [0, 0.05) is 5.56 Å². The molecule has 1 saturated heterocycles. The van der Waals surface area contributed by atoms with Gasteiger partial charge < -0.3 is 19.3 Å². The standard InChI is InChI=1S/C25H20F2N4O5/c1-25(17-9-5-7-14-6-3-4-8-16(14)17)22(32)31(24(33)29-25)13-20-28-21(30-36-20)15-10-11-18(35-23(26)27)19(12-15)34-2/h3-12,23H,13H2,1-2H3,(H,29,33). The Hall–Kier alpha value is -4.54. The van der Waals surface area contributed by atoms with E-state index >= 15 is 0 Å². The number of nitrogens with zero attached hydrogens (tertiary/aromatic N) is 3. The number of ether oxygens (including phenoxy) is 2. The largest absolute Gasteiger partial charge is 0.493 e. The van der Waals surface area contributed by atoms with Crippen molar-refractivity contribution in [2.75, 3.05) is 7.11 Å². The van der Waals surface area contributed by atoms with Crippen LogP contribution in [0.15, 0.2) is 65.2 Å². The van der Waals surface area contributed by atoms with Gasteiger partial charge in [-0.2, -0.15) is 13.8 Å². The maximum Gasteiger partial charge on any atom is 0.387 e. The molecule has 1 aliphatic heterocycles. The number of hydrogen-bond donors (Lipinski definition) is 1. The van der Waals surface area contributed by atoms with Gasteiger partial charge in [-0.3, -0.25) is 9.69 Å². The Morgan fingerprint density at radius 1 is 1.08 bits per heavy atom. The molecular weight excluding hydrogens is 474 g/mol. The average molecular weight is 494 g/mol. The summed E-state index contributed by atoms with van der Waals surface area (Å²) in [4.78, 5) is 31.5. The minimum atomic E-state index is -3.01. The number of benzene rings is 3. The molecule has 0 bridgehead atoms. The third kappa shape index (κ3) is 3.98. The van der Waals surface area contributed by atoms with Crippen molar-refractivity contribution in [2.45, 2.75) is 25.6 Å². The third-order valence-corrected chi connectivity index (χ3v) is 6.00. The summed E-state index contributed by atoms with van der Waals surface area (Å²) in [5.41, 5.74) is -0.207. The number of urea groups is 1. The van der Waals surface area contributed by atoms with Gasteiger partial charge >= 0.3 is 12.6 Å². The molecule has 5 rings (SSSR count). The summed E-state index contributed by atoms with van der Waals surface area (Å²) in [5.74, 6) is -0.414. The van der Waals surface area contributed by atoms with E-state index in [2.05, 4.69) is 20.2 Å². The van der Waals surface area contributed by atoms with Gasteiger partial charge in [0.15, 0.2) is 11.5 Å². The highest BCUT2D eigenvalue weighted by molar-refractivity contribution is 6.09. The Morgan fingerprint density at radius 3 is 2.64 bits per heavy atom. The maximum atomic E-state index is 13.4. The fourth-order valence-electron chi connectivity index (χ4n) is 4.26. The third-order valence-electron chi connectivity index (χ3n) is 6.00. The summed E-state index contributed by atoms with van der Waals surface area (Å²) >= 11 is 0. The minimum absolute atomic E-state index is 0.0162. The van der Waals surface area contributed by atoms with Crippen molar-refractivity contribution < 1.29 is 32.4 Å². The predicted molar refractivity (Wildman–Crippen MR) is 123 cm³/mol. The molecule has 0 aliphatic carbocycles. The number of hydrogen-bond acceptors (Lipinski definition) is 7. The fraction of sp³-hybridized carbons (Fsp3) is 0.200. The number of fused-ring (bicyclic) bond motifs is 1. The van der Waals surface area contributed by atoms with Crippen LogP contribution in [0.4, 0.5) is 13.6 Å². The van der Waals surface area contributed by atoms with Crippen molar-refractivity contribution in [3.63, 3.8) is 0 Å². The summed E-state index contributed by atoms with van der Waals surface area (Å²) < 4.78 is 39.9. The molecule has 0 spiro atoms. The molecule has 1 aromatic heterocycles. The number of alkyl halides is 2. The molecule has 1 unspecified atom stereocenters. The number of aromatic nitrogens is 2. The lowest BCUT2D eigenvalue weighted by Crippen LogP contribution is -2.41. The summed E-state index contributed by atoms with van der Waals surface area (Å²) in [7, 11) is 1.31. The van der Waals surface area contributed by atoms with E-state index in [9.17, 15) is 18.4 Å². The number of rotatable bonds is 7. The van der Waals surface area contributed by atoms with Crippen LogP contribution in [0.5, 0.6) is 11.5 Å². The van der Waals surface area contributed by atoms with Gasteiger partial charge in [0.05, 0.1) is 7.11 Å². The molecule has 1 N–H and O–H groups in total. The molecule has 3 amide bonds. The number of amides is 3. The zero-order valence-corrected chi connectivity index (χ0v) is 19.2. The molecular formula is C25H20F2N4O5. The van der Waals surface area contributed by atoms with E-state index in [0.717, 1.165) is 15.7 Å². The lowest BCUT2D eigenvalue weighted by molar-refractivity contribution is -0.131. The fourth-order valence-corrected chi connectivity index (χ4v) is 4.26. The van der Waals surface area contributed by atoms with E-state index in [0.29, 0.717) is 11.1 Å². The van der Waals surface area contributed by atoms with Crippen molar-refractivity contribution in [3.8, 4) is 22.9 Å². The number of carbonyl (C=O) groups excluding carboxylic acids is 2. The van der Waals surface area contributed by atoms with Gasteiger partial charge in [0.2, 0.25) is 11.7 Å². The molecule has 9 nitrogen and oxygen atoms in total. The van der Waals surface area contributed by atoms with Crippen molar-refractivity contribution in [1.29, 1.82) is 0 Å². The van der Waals surface area contributed by atoms with E-state index in [-0.39, 0.29) is 29.8 Å². The Morgan fingerprint density at radius 2 is 1.86 bits per heavy atom. The number of imide groups is 1. The van der Waals surface area contributed by atoms with E-state index in [1.165, 1.54) is 25.3 Å². The van der Waals surface area contributed by atoms with Crippen molar-refractivity contribution in [3.05, 3.63) is 72.1 Å². The molecule has 36 heavy (non-hydrogen) atoms. The average Bonchev–Trinajstić information content (AvgIpc) is 3.42. The molecule has 4 aromatic rings. The highest BCUT2D eigenvalue weighted by Crippen LogP contribution is 2.35. The molecule has 184 valence electrons. The monoisotopic (exact) mass is 494 g/mol. The van der Waals surface area contributed by atoms with Gasteiger partial charge in [0.1, 0.15) is 12.1 Å². The first-order chi connectivity index (χ1) is 17.3. The smallest absolute Gasteiger partial charge is 0.387 e. The van der Waals surface area contributed by atoms with Crippen molar-refractivity contribution in [2.24, 2.45) is 0 Å².